The van der Waals surface area contributed by atoms with Crippen LogP contribution in [0.2, 0.25) is 0 Å². The normalized spacial score (nSPS) is 13.9. The molecule has 2 heterocycles. The molecule has 2 aromatic carbocycles. The maximum atomic E-state index is 2.48. The van der Waals surface area contributed by atoms with E-state index in [-0.39, 0.29) is 0 Å². The summed E-state index contributed by atoms with van der Waals surface area (Å²) in [5.74, 6) is 2.23. The second-order valence-corrected chi connectivity index (χ2v) is 14.2. The Hall–Kier alpha value is -3.22. The van der Waals surface area contributed by atoms with Gasteiger partial charge in [-0.15, -0.1) is 0 Å². The maximum absolute atomic E-state index is 2.48. The van der Waals surface area contributed by atoms with Crippen molar-refractivity contribution in [3.05, 3.63) is 107 Å². The average Bonchev–Trinajstić information content (AvgIpc) is 3.04. The molecule has 0 saturated heterocycles. The fourth-order valence-electron chi connectivity index (χ4n) is 5.36. The van der Waals surface area contributed by atoms with Gasteiger partial charge < -0.3 is 9.80 Å². The number of hydrogen-bond acceptors (Lipinski definition) is 4. The van der Waals surface area contributed by atoms with Crippen molar-refractivity contribution in [1.29, 1.82) is 0 Å². The molecule has 44 heavy (non-hydrogen) atoms. The lowest BCUT2D eigenvalue weighted by molar-refractivity contribution is -0.671. The summed E-state index contributed by atoms with van der Waals surface area (Å²) >= 11 is 0. The molecule has 1 aliphatic rings. The van der Waals surface area contributed by atoms with Gasteiger partial charge in [-0.2, -0.15) is 0 Å². The van der Waals surface area contributed by atoms with E-state index in [1.807, 2.05) is 28.6 Å². The third kappa shape index (κ3) is 10.2. The van der Waals surface area contributed by atoms with E-state index in [0.717, 1.165) is 50.7 Å². The van der Waals surface area contributed by atoms with Crippen molar-refractivity contribution in [3.8, 4) is 0 Å². The first-order chi connectivity index (χ1) is 21.4. The predicted molar refractivity (Wildman–Crippen MR) is 198 cm³/mol. The van der Waals surface area contributed by atoms with Crippen molar-refractivity contribution >= 4 is 56.9 Å². The number of benzene rings is 2. The van der Waals surface area contributed by atoms with E-state index < -0.39 is 0 Å². The second-order valence-electron chi connectivity index (χ2n) is 11.5. The summed E-state index contributed by atoms with van der Waals surface area (Å²) in [5, 5.41) is 0. The summed E-state index contributed by atoms with van der Waals surface area (Å²) in [6, 6.07) is 22.4. The van der Waals surface area contributed by atoms with Gasteiger partial charge in [-0.1, -0.05) is 58.0 Å². The molecule has 1 aromatic heterocycles. The first-order valence-electron chi connectivity index (χ1n) is 15.9. The van der Waals surface area contributed by atoms with Crippen LogP contribution in [-0.4, -0.2) is 62.1 Å². The highest BCUT2D eigenvalue weighted by Gasteiger charge is 2.10. The number of rotatable bonds is 15. The zero-order chi connectivity index (χ0) is 31.3. The number of allylic oxidation sites excluding steroid dienone is 3. The molecule has 0 radical (unpaired) electrons. The highest BCUT2D eigenvalue weighted by atomic mass is 33.1. The molecule has 0 N–H and O–H groups in total. The fraction of sp³-hybridized carbons (Fsp3) is 0.368. The van der Waals surface area contributed by atoms with E-state index in [4.69, 9.17) is 0 Å². The topological polar surface area (TPSA) is 13.4 Å². The Morgan fingerprint density at radius 2 is 1.23 bits per heavy atom. The molecule has 1 aliphatic heterocycles. The van der Waals surface area contributed by atoms with Gasteiger partial charge in [-0.05, 0) is 85.4 Å². The van der Waals surface area contributed by atoms with Crippen LogP contribution in [-0.2, 0) is 7.05 Å². The molecule has 4 rings (SSSR count). The Morgan fingerprint density at radius 3 is 1.68 bits per heavy atom. The van der Waals surface area contributed by atoms with Crippen molar-refractivity contribution in [2.24, 2.45) is 7.05 Å². The zero-order valence-electron chi connectivity index (χ0n) is 27.5. The quantitative estimate of drug-likeness (QED) is 0.0957. The van der Waals surface area contributed by atoms with E-state index >= 15 is 0 Å². The summed E-state index contributed by atoms with van der Waals surface area (Å²) in [4.78, 5) is 4.96. The van der Waals surface area contributed by atoms with Crippen molar-refractivity contribution in [3.63, 3.8) is 0 Å². The van der Waals surface area contributed by atoms with Gasteiger partial charge in [0.15, 0.2) is 18.6 Å². The maximum Gasteiger partial charge on any atom is 0.169 e. The van der Waals surface area contributed by atoms with Crippen LogP contribution < -0.4 is 14.4 Å². The van der Waals surface area contributed by atoms with Crippen molar-refractivity contribution in [2.45, 2.75) is 34.1 Å². The molecule has 0 spiro atoms. The number of nitrogens with zero attached hydrogens (tertiary/aromatic N) is 4. The smallest absolute Gasteiger partial charge is 0.169 e. The minimum atomic E-state index is 1.02. The lowest BCUT2D eigenvalue weighted by atomic mass is 10.00. The standard InChI is InChI=1S/C38H50N4S2/c1-7-41(37-13-9-33(10-14-37)29-31(3)35-17-21-39(5)22-18-35)25-27-43-44-28-26-42(8-2)38-15-11-34(12-16-38)30-32(4)36-19-23-40(6)24-20-36/h9-19,21-23,29-30H,7-8,20,24-28H2,1-6H3/q+2. The Kier molecular flexibility index (Phi) is 13.2. The molecule has 0 aliphatic carbocycles. The minimum absolute atomic E-state index is 1.02. The average molecular weight is 627 g/mol. The van der Waals surface area contributed by atoms with Crippen LogP contribution in [0.1, 0.15) is 50.8 Å². The lowest BCUT2D eigenvalue weighted by Gasteiger charge is -2.24. The first kappa shape index (κ1) is 33.7. The molecule has 0 saturated carbocycles. The van der Waals surface area contributed by atoms with E-state index in [1.165, 1.54) is 44.8 Å². The van der Waals surface area contributed by atoms with Crippen LogP contribution in [0.4, 0.5) is 11.4 Å². The van der Waals surface area contributed by atoms with E-state index in [1.54, 1.807) is 0 Å². The van der Waals surface area contributed by atoms with Gasteiger partial charge in [0.25, 0.3) is 0 Å². The van der Waals surface area contributed by atoms with Crippen LogP contribution in [0.25, 0.3) is 17.7 Å². The highest BCUT2D eigenvalue weighted by Crippen LogP contribution is 2.26. The monoisotopic (exact) mass is 626 g/mol. The van der Waals surface area contributed by atoms with Crippen LogP contribution in [0.3, 0.4) is 0 Å². The number of anilines is 2. The predicted octanol–water partition coefficient (Wildman–Crippen LogP) is 8.25. The molecule has 0 amide bonds. The SMILES string of the molecule is CCN(CCSSCCN(CC)c1ccc(/C=C(\C)c2cc[n+](C)cc2)cc1)c1ccc(/C=C(\C)C2=CC=[N+](C)CC2)cc1. The Bertz CT molecular complexity index is 1450. The second kappa shape index (κ2) is 17.3. The molecule has 232 valence electrons. The van der Waals surface area contributed by atoms with Gasteiger partial charge in [-0.3, -0.25) is 0 Å². The molecular formula is C38H50N4S2+2. The molecule has 4 nitrogen and oxygen atoms in total. The highest BCUT2D eigenvalue weighted by molar-refractivity contribution is 8.76. The molecule has 0 unspecified atom stereocenters. The van der Waals surface area contributed by atoms with Gasteiger partial charge in [0.1, 0.15) is 20.6 Å². The van der Waals surface area contributed by atoms with Crippen LogP contribution >= 0.6 is 21.6 Å². The largest absolute Gasteiger partial charge is 0.371 e. The van der Waals surface area contributed by atoms with E-state index in [9.17, 15) is 0 Å². The third-order valence-corrected chi connectivity index (χ3v) is 10.6. The summed E-state index contributed by atoms with van der Waals surface area (Å²) < 4.78 is 4.31. The van der Waals surface area contributed by atoms with E-state index in [0.29, 0.717) is 0 Å². The van der Waals surface area contributed by atoms with Crippen molar-refractivity contribution in [1.82, 2.24) is 0 Å². The lowest BCUT2D eigenvalue weighted by Crippen LogP contribution is -2.26. The zero-order valence-corrected chi connectivity index (χ0v) is 29.1. The summed E-state index contributed by atoms with van der Waals surface area (Å²) in [6.07, 6.45) is 14.3. The molecule has 0 bridgehead atoms. The van der Waals surface area contributed by atoms with Crippen LogP contribution in [0.15, 0.2) is 90.3 Å². The summed E-state index contributed by atoms with van der Waals surface area (Å²) in [7, 11) is 8.17. The van der Waals surface area contributed by atoms with Crippen LogP contribution in [0.5, 0.6) is 0 Å². The first-order valence-corrected chi connectivity index (χ1v) is 18.4. The van der Waals surface area contributed by atoms with Gasteiger partial charge in [0.05, 0.1) is 0 Å². The number of aromatic nitrogens is 1. The Balaban J connectivity index is 1.19. The summed E-state index contributed by atoms with van der Waals surface area (Å²) in [5.41, 5.74) is 10.5. The van der Waals surface area contributed by atoms with Gasteiger partial charge >= 0.3 is 0 Å². The van der Waals surface area contributed by atoms with E-state index in [2.05, 4.69) is 151 Å². The number of pyridine rings is 1. The summed E-state index contributed by atoms with van der Waals surface area (Å²) in [6.45, 7) is 14.2. The third-order valence-electron chi connectivity index (χ3n) is 8.22. The van der Waals surface area contributed by atoms with Gasteiger partial charge in [-0.25, -0.2) is 9.14 Å². The van der Waals surface area contributed by atoms with Crippen molar-refractivity contribution in [2.75, 3.05) is 61.1 Å². The molecular weight excluding hydrogens is 577 g/mol. The van der Waals surface area contributed by atoms with Gasteiger partial charge in [0.2, 0.25) is 0 Å². The molecule has 6 heteroatoms. The Morgan fingerprint density at radius 1 is 0.727 bits per heavy atom. The van der Waals surface area contributed by atoms with Crippen molar-refractivity contribution < 1.29 is 9.14 Å². The molecule has 3 aromatic rings. The Labute approximate surface area is 274 Å². The van der Waals surface area contributed by atoms with Crippen LogP contribution in [0, 0.1) is 0 Å². The fourth-order valence-corrected chi connectivity index (χ4v) is 7.34. The number of aryl methyl sites for hydroxylation is 1. The number of hydrogen-bond donors (Lipinski definition) is 0. The van der Waals surface area contributed by atoms with Gasteiger partial charge in [0, 0.05) is 73.7 Å². The molecule has 0 fully saturated rings. The molecule has 0 atom stereocenters. The minimum Gasteiger partial charge on any atom is -0.371 e.